The highest BCUT2D eigenvalue weighted by molar-refractivity contribution is 6.15. The van der Waals surface area contributed by atoms with E-state index in [0.717, 1.165) is 16.9 Å². The Morgan fingerprint density at radius 1 is 0.968 bits per heavy atom. The molecule has 5 nitrogen and oxygen atoms in total. The van der Waals surface area contributed by atoms with Crippen LogP contribution in [0.5, 0.6) is 17.2 Å². The van der Waals surface area contributed by atoms with Gasteiger partial charge in [-0.1, -0.05) is 29.8 Å². The lowest BCUT2D eigenvalue weighted by Gasteiger charge is -2.10. The van der Waals surface area contributed by atoms with Gasteiger partial charge in [-0.25, -0.2) is 4.79 Å². The highest BCUT2D eigenvalue weighted by Crippen LogP contribution is 2.39. The zero-order valence-electron chi connectivity index (χ0n) is 17.6. The van der Waals surface area contributed by atoms with Crippen molar-refractivity contribution in [2.24, 2.45) is 0 Å². The third-order valence-electron chi connectivity index (χ3n) is 5.02. The summed E-state index contributed by atoms with van der Waals surface area (Å²) in [5.74, 6) is 1.10. The molecule has 0 aliphatic carbocycles. The maximum atomic E-state index is 12.8. The van der Waals surface area contributed by atoms with E-state index in [2.05, 4.69) is 0 Å². The van der Waals surface area contributed by atoms with Crippen molar-refractivity contribution in [3.05, 3.63) is 94.2 Å². The van der Waals surface area contributed by atoms with Gasteiger partial charge in [-0.3, -0.25) is 4.79 Å². The van der Waals surface area contributed by atoms with Crippen molar-refractivity contribution in [1.82, 2.24) is 0 Å². The van der Waals surface area contributed by atoms with Crippen LogP contribution < -0.4 is 14.2 Å². The van der Waals surface area contributed by atoms with E-state index in [1.165, 1.54) is 0 Å². The van der Waals surface area contributed by atoms with E-state index in [-0.39, 0.29) is 11.5 Å². The highest BCUT2D eigenvalue weighted by Gasteiger charge is 2.30. The number of benzene rings is 3. The van der Waals surface area contributed by atoms with Crippen LogP contribution in [-0.4, -0.2) is 18.4 Å². The summed E-state index contributed by atoms with van der Waals surface area (Å²) in [5, 5.41) is 0. The first-order valence-electron chi connectivity index (χ1n) is 10.1. The molecular weight excluding hydrogens is 392 g/mol. The summed E-state index contributed by atoms with van der Waals surface area (Å²) in [4.78, 5) is 25.3. The molecule has 0 saturated carbocycles. The van der Waals surface area contributed by atoms with Crippen LogP contribution in [0.3, 0.4) is 0 Å². The summed E-state index contributed by atoms with van der Waals surface area (Å²) in [7, 11) is 0. The maximum Gasteiger partial charge on any atom is 0.343 e. The van der Waals surface area contributed by atoms with Crippen molar-refractivity contribution >= 4 is 17.8 Å². The zero-order valence-corrected chi connectivity index (χ0v) is 17.6. The van der Waals surface area contributed by atoms with Crippen molar-refractivity contribution in [3.63, 3.8) is 0 Å². The molecule has 0 amide bonds. The standard InChI is InChI=1S/C26H22O5/c1-4-29-20-11-7-18(8-12-20)15-23-24(27)21-13-14-22(17(3)25(21)30-23)31-26(28)19-9-5-16(2)6-10-19/h5-15H,4H2,1-3H3/b23-15-. The number of esters is 1. The van der Waals surface area contributed by atoms with E-state index in [4.69, 9.17) is 14.2 Å². The molecule has 0 atom stereocenters. The Hall–Kier alpha value is -3.86. The van der Waals surface area contributed by atoms with Gasteiger partial charge in [-0.05, 0) is 68.8 Å². The molecule has 0 bridgehead atoms. The first kappa shape index (κ1) is 20.4. The summed E-state index contributed by atoms with van der Waals surface area (Å²) >= 11 is 0. The molecule has 4 rings (SSSR count). The smallest absolute Gasteiger partial charge is 0.343 e. The van der Waals surface area contributed by atoms with Crippen molar-refractivity contribution in [2.45, 2.75) is 20.8 Å². The van der Waals surface area contributed by atoms with Crippen LogP contribution in [0.15, 0.2) is 66.4 Å². The fourth-order valence-electron chi connectivity index (χ4n) is 3.31. The first-order chi connectivity index (χ1) is 15.0. The molecular formula is C26H22O5. The third-order valence-corrected chi connectivity index (χ3v) is 5.02. The molecule has 156 valence electrons. The van der Waals surface area contributed by atoms with Crippen LogP contribution in [0, 0.1) is 13.8 Å². The van der Waals surface area contributed by atoms with Crippen LogP contribution in [0.25, 0.3) is 6.08 Å². The van der Waals surface area contributed by atoms with Gasteiger partial charge in [0.1, 0.15) is 17.2 Å². The maximum absolute atomic E-state index is 12.8. The lowest BCUT2D eigenvalue weighted by Crippen LogP contribution is -2.09. The average Bonchev–Trinajstić information content (AvgIpc) is 3.08. The van der Waals surface area contributed by atoms with Gasteiger partial charge in [-0.15, -0.1) is 0 Å². The van der Waals surface area contributed by atoms with E-state index in [9.17, 15) is 9.59 Å². The monoisotopic (exact) mass is 414 g/mol. The lowest BCUT2D eigenvalue weighted by atomic mass is 10.1. The average molecular weight is 414 g/mol. The molecule has 3 aromatic rings. The Labute approximate surface area is 180 Å². The molecule has 1 aliphatic rings. The number of aryl methyl sites for hydroxylation is 1. The Kier molecular flexibility index (Phi) is 5.58. The second-order valence-corrected chi connectivity index (χ2v) is 7.26. The van der Waals surface area contributed by atoms with Gasteiger partial charge in [0.2, 0.25) is 5.78 Å². The van der Waals surface area contributed by atoms with Gasteiger partial charge < -0.3 is 14.2 Å². The molecule has 0 saturated heterocycles. The van der Waals surface area contributed by atoms with Gasteiger partial charge in [-0.2, -0.15) is 0 Å². The van der Waals surface area contributed by atoms with Crippen LogP contribution in [-0.2, 0) is 0 Å². The van der Waals surface area contributed by atoms with Gasteiger partial charge >= 0.3 is 5.97 Å². The molecule has 1 heterocycles. The number of Topliss-reactive ketones (excluding diaryl/α,β-unsaturated/α-hetero) is 1. The van der Waals surface area contributed by atoms with Crippen molar-refractivity contribution in [2.75, 3.05) is 6.61 Å². The largest absolute Gasteiger partial charge is 0.494 e. The molecule has 3 aromatic carbocycles. The number of allylic oxidation sites excluding steroid dienone is 1. The minimum Gasteiger partial charge on any atom is -0.494 e. The number of ether oxygens (including phenoxy) is 3. The summed E-state index contributed by atoms with van der Waals surface area (Å²) in [6.07, 6.45) is 1.69. The molecule has 0 spiro atoms. The molecule has 5 heteroatoms. The summed E-state index contributed by atoms with van der Waals surface area (Å²) < 4.78 is 16.9. The summed E-state index contributed by atoms with van der Waals surface area (Å²) in [6.45, 7) is 6.23. The van der Waals surface area contributed by atoms with Crippen LogP contribution in [0.1, 0.15) is 44.3 Å². The molecule has 0 N–H and O–H groups in total. The van der Waals surface area contributed by atoms with Crippen molar-refractivity contribution in [1.29, 1.82) is 0 Å². The number of rotatable bonds is 5. The molecule has 0 fully saturated rings. The number of hydrogen-bond donors (Lipinski definition) is 0. The minimum atomic E-state index is -0.461. The van der Waals surface area contributed by atoms with E-state index >= 15 is 0 Å². The van der Waals surface area contributed by atoms with Crippen LogP contribution in [0.2, 0.25) is 0 Å². The first-order valence-corrected chi connectivity index (χ1v) is 10.1. The second-order valence-electron chi connectivity index (χ2n) is 7.26. The number of carbonyl (C=O) groups excluding carboxylic acids is 2. The quantitative estimate of drug-likeness (QED) is 0.312. The Morgan fingerprint density at radius 2 is 1.68 bits per heavy atom. The predicted octanol–water partition coefficient (Wildman–Crippen LogP) is 5.54. The topological polar surface area (TPSA) is 61.8 Å². The molecule has 0 aromatic heterocycles. The predicted molar refractivity (Wildman–Crippen MR) is 118 cm³/mol. The lowest BCUT2D eigenvalue weighted by molar-refractivity contribution is 0.0733. The van der Waals surface area contributed by atoms with E-state index < -0.39 is 5.97 Å². The zero-order chi connectivity index (χ0) is 22.0. The highest BCUT2D eigenvalue weighted by atomic mass is 16.5. The van der Waals surface area contributed by atoms with E-state index in [0.29, 0.717) is 34.8 Å². The minimum absolute atomic E-state index is 0.205. The fourth-order valence-corrected chi connectivity index (χ4v) is 3.31. The Bertz CT molecular complexity index is 1170. The molecule has 31 heavy (non-hydrogen) atoms. The Balaban J connectivity index is 1.56. The SMILES string of the molecule is CCOc1ccc(/C=C2\Oc3c(ccc(OC(=O)c4ccc(C)cc4)c3C)C2=O)cc1. The molecule has 0 radical (unpaired) electrons. The number of hydrogen-bond acceptors (Lipinski definition) is 5. The van der Waals surface area contributed by atoms with Gasteiger partial charge in [0.15, 0.2) is 5.76 Å². The van der Waals surface area contributed by atoms with Crippen LogP contribution in [0.4, 0.5) is 0 Å². The Morgan fingerprint density at radius 3 is 2.35 bits per heavy atom. The summed E-state index contributed by atoms with van der Waals surface area (Å²) in [6, 6.07) is 17.8. The third kappa shape index (κ3) is 4.21. The number of fused-ring (bicyclic) bond motifs is 1. The fraction of sp³-hybridized carbons (Fsp3) is 0.154. The van der Waals surface area contributed by atoms with E-state index in [1.54, 1.807) is 37.3 Å². The number of carbonyl (C=O) groups is 2. The van der Waals surface area contributed by atoms with Gasteiger partial charge in [0, 0.05) is 5.56 Å². The van der Waals surface area contributed by atoms with Crippen molar-refractivity contribution in [3.8, 4) is 17.2 Å². The van der Waals surface area contributed by atoms with Gasteiger partial charge in [0.05, 0.1) is 17.7 Å². The summed E-state index contributed by atoms with van der Waals surface area (Å²) in [5.41, 5.74) is 3.39. The van der Waals surface area contributed by atoms with E-state index in [1.807, 2.05) is 50.2 Å². The van der Waals surface area contributed by atoms with Crippen molar-refractivity contribution < 1.29 is 23.8 Å². The molecule has 1 aliphatic heterocycles. The molecule has 0 unspecified atom stereocenters. The number of ketones is 1. The normalized spacial score (nSPS) is 13.6. The second kappa shape index (κ2) is 8.48. The van der Waals surface area contributed by atoms with Gasteiger partial charge in [0.25, 0.3) is 0 Å². The van der Waals surface area contributed by atoms with Crippen LogP contribution >= 0.6 is 0 Å².